The predicted molar refractivity (Wildman–Crippen MR) is 100 cm³/mol. The largest absolute Gasteiger partial charge is 0.339 e. The van der Waals surface area contributed by atoms with Crippen molar-refractivity contribution >= 4 is 11.8 Å². The van der Waals surface area contributed by atoms with E-state index in [1.807, 2.05) is 32.6 Å². The van der Waals surface area contributed by atoms with Gasteiger partial charge in [-0.25, -0.2) is 9.07 Å². The zero-order chi connectivity index (χ0) is 19.8. The topological polar surface area (TPSA) is 58.4 Å². The number of carbonyl (C=O) groups is 2. The molecule has 1 aliphatic heterocycles. The van der Waals surface area contributed by atoms with Gasteiger partial charge in [-0.15, -0.1) is 0 Å². The quantitative estimate of drug-likeness (QED) is 0.814. The first-order valence-electron chi connectivity index (χ1n) is 9.07. The summed E-state index contributed by atoms with van der Waals surface area (Å²) in [5, 5.41) is 4.29. The number of amides is 2. The van der Waals surface area contributed by atoms with Crippen LogP contribution >= 0.6 is 0 Å². The number of halogens is 1. The summed E-state index contributed by atoms with van der Waals surface area (Å²) in [6, 6.07) is 5.98. The summed E-state index contributed by atoms with van der Waals surface area (Å²) in [6.07, 6.45) is 1.55. The van der Waals surface area contributed by atoms with E-state index in [0.29, 0.717) is 43.1 Å². The summed E-state index contributed by atoms with van der Waals surface area (Å²) in [6.45, 7) is 9.60. The van der Waals surface area contributed by atoms with Gasteiger partial charge >= 0.3 is 0 Å². The molecule has 0 spiro atoms. The molecule has 2 heterocycles. The minimum Gasteiger partial charge on any atom is -0.339 e. The van der Waals surface area contributed by atoms with Crippen LogP contribution in [0.15, 0.2) is 30.5 Å². The molecule has 0 N–H and O–H groups in total. The Labute approximate surface area is 158 Å². The van der Waals surface area contributed by atoms with Gasteiger partial charge in [0.2, 0.25) is 5.91 Å². The van der Waals surface area contributed by atoms with Crippen molar-refractivity contribution in [3.8, 4) is 5.69 Å². The van der Waals surface area contributed by atoms with Crippen molar-refractivity contribution in [2.45, 2.75) is 27.7 Å². The van der Waals surface area contributed by atoms with Gasteiger partial charge < -0.3 is 9.80 Å². The Morgan fingerprint density at radius 1 is 1.00 bits per heavy atom. The van der Waals surface area contributed by atoms with E-state index >= 15 is 0 Å². The molecule has 0 saturated carbocycles. The van der Waals surface area contributed by atoms with Gasteiger partial charge in [0.05, 0.1) is 23.1 Å². The molecule has 0 unspecified atom stereocenters. The summed E-state index contributed by atoms with van der Waals surface area (Å²) < 4.78 is 14.8. The van der Waals surface area contributed by atoms with Gasteiger partial charge in [0.15, 0.2) is 0 Å². The van der Waals surface area contributed by atoms with Crippen molar-refractivity contribution in [2.75, 3.05) is 26.2 Å². The van der Waals surface area contributed by atoms with Crippen molar-refractivity contribution < 1.29 is 14.0 Å². The van der Waals surface area contributed by atoms with E-state index in [4.69, 9.17) is 0 Å². The van der Waals surface area contributed by atoms with Crippen LogP contribution in [-0.4, -0.2) is 57.6 Å². The first kappa shape index (κ1) is 19.1. The summed E-state index contributed by atoms with van der Waals surface area (Å²) in [7, 11) is 0. The average molecular weight is 372 g/mol. The maximum atomic E-state index is 13.1. The molecule has 2 aromatic rings. The molecule has 1 aromatic carbocycles. The highest BCUT2D eigenvalue weighted by Gasteiger charge is 2.31. The molecule has 1 saturated heterocycles. The minimum absolute atomic E-state index is 0.0938. The minimum atomic E-state index is -0.418. The third-order valence-corrected chi connectivity index (χ3v) is 4.81. The highest BCUT2D eigenvalue weighted by molar-refractivity contribution is 5.95. The molecule has 0 atom stereocenters. The molecule has 1 aliphatic rings. The Morgan fingerprint density at radius 2 is 1.56 bits per heavy atom. The molecular formula is C20H25FN4O2. The van der Waals surface area contributed by atoms with Gasteiger partial charge in [-0.1, -0.05) is 20.8 Å². The highest BCUT2D eigenvalue weighted by atomic mass is 19.1. The van der Waals surface area contributed by atoms with E-state index in [1.54, 1.807) is 27.9 Å². The molecule has 3 rings (SSSR count). The van der Waals surface area contributed by atoms with Crippen molar-refractivity contribution in [1.82, 2.24) is 19.6 Å². The molecule has 1 aromatic heterocycles. The molecule has 6 nitrogen and oxygen atoms in total. The number of aromatic nitrogens is 2. The zero-order valence-electron chi connectivity index (χ0n) is 16.2. The number of piperazine rings is 1. The van der Waals surface area contributed by atoms with Crippen molar-refractivity contribution in [3.63, 3.8) is 0 Å². The first-order valence-corrected chi connectivity index (χ1v) is 9.07. The van der Waals surface area contributed by atoms with E-state index in [1.165, 1.54) is 12.1 Å². The normalized spacial score (nSPS) is 15.1. The van der Waals surface area contributed by atoms with Crippen molar-refractivity contribution in [3.05, 3.63) is 47.5 Å². The molecule has 0 aliphatic carbocycles. The van der Waals surface area contributed by atoms with Gasteiger partial charge in [-0.05, 0) is 31.2 Å². The van der Waals surface area contributed by atoms with E-state index in [9.17, 15) is 14.0 Å². The average Bonchev–Trinajstić information content (AvgIpc) is 3.02. The lowest BCUT2D eigenvalue weighted by atomic mass is 9.94. The van der Waals surface area contributed by atoms with Crippen LogP contribution in [0.3, 0.4) is 0 Å². The van der Waals surface area contributed by atoms with E-state index < -0.39 is 5.41 Å². The Morgan fingerprint density at radius 3 is 2.11 bits per heavy atom. The summed E-state index contributed by atoms with van der Waals surface area (Å²) in [5.74, 6) is -0.304. The molecule has 0 bridgehead atoms. The molecule has 27 heavy (non-hydrogen) atoms. The molecule has 2 amide bonds. The molecule has 1 fully saturated rings. The monoisotopic (exact) mass is 372 g/mol. The van der Waals surface area contributed by atoms with Crippen molar-refractivity contribution in [2.24, 2.45) is 5.41 Å². The lowest BCUT2D eigenvalue weighted by Gasteiger charge is -2.37. The van der Waals surface area contributed by atoms with Gasteiger partial charge in [0.25, 0.3) is 5.91 Å². The number of carbonyl (C=O) groups excluding carboxylic acids is 2. The van der Waals surface area contributed by atoms with Crippen LogP contribution < -0.4 is 0 Å². The Kier molecular flexibility index (Phi) is 5.04. The van der Waals surface area contributed by atoms with E-state index in [-0.39, 0.29) is 17.6 Å². The van der Waals surface area contributed by atoms with Crippen LogP contribution in [0, 0.1) is 18.2 Å². The number of hydrogen-bond acceptors (Lipinski definition) is 3. The zero-order valence-corrected chi connectivity index (χ0v) is 16.2. The summed E-state index contributed by atoms with van der Waals surface area (Å²) in [5.41, 5.74) is 1.52. The second kappa shape index (κ2) is 7.13. The number of benzene rings is 1. The van der Waals surface area contributed by atoms with Gasteiger partial charge in [0.1, 0.15) is 5.82 Å². The van der Waals surface area contributed by atoms with Crippen molar-refractivity contribution in [1.29, 1.82) is 0 Å². The standard InChI is InChI=1S/C20H25FN4O2/c1-14-17(13-22-25(14)16-7-5-15(21)6-8-16)18(26)23-9-11-24(12-10-23)19(27)20(2,3)4/h5-8,13H,9-12H2,1-4H3. The Hall–Kier alpha value is -2.70. The third kappa shape index (κ3) is 3.86. The van der Waals surface area contributed by atoms with Crippen LogP contribution in [0.1, 0.15) is 36.8 Å². The van der Waals surface area contributed by atoms with Gasteiger partial charge in [0, 0.05) is 31.6 Å². The molecular weight excluding hydrogens is 347 g/mol. The third-order valence-electron chi connectivity index (χ3n) is 4.81. The van der Waals surface area contributed by atoms with Crippen LogP contribution in [0.4, 0.5) is 4.39 Å². The maximum Gasteiger partial charge on any atom is 0.257 e. The Balaban J connectivity index is 1.71. The molecule has 7 heteroatoms. The van der Waals surface area contributed by atoms with E-state index in [0.717, 1.165) is 0 Å². The second-order valence-corrected chi connectivity index (χ2v) is 7.87. The Bertz CT molecular complexity index is 844. The predicted octanol–water partition coefficient (Wildman–Crippen LogP) is 2.65. The fraction of sp³-hybridized carbons (Fsp3) is 0.450. The first-order chi connectivity index (χ1) is 12.7. The van der Waals surface area contributed by atoms with Crippen LogP contribution in [0.5, 0.6) is 0 Å². The SMILES string of the molecule is Cc1c(C(=O)N2CCN(C(=O)C(C)(C)C)CC2)cnn1-c1ccc(F)cc1. The number of nitrogens with zero attached hydrogens (tertiary/aromatic N) is 4. The second-order valence-electron chi connectivity index (χ2n) is 7.87. The highest BCUT2D eigenvalue weighted by Crippen LogP contribution is 2.20. The fourth-order valence-corrected chi connectivity index (χ4v) is 3.22. The van der Waals surface area contributed by atoms with Crippen LogP contribution in [-0.2, 0) is 4.79 Å². The summed E-state index contributed by atoms with van der Waals surface area (Å²) in [4.78, 5) is 28.9. The van der Waals surface area contributed by atoms with Gasteiger partial charge in [-0.3, -0.25) is 9.59 Å². The smallest absolute Gasteiger partial charge is 0.257 e. The molecule has 144 valence electrons. The number of rotatable bonds is 2. The van der Waals surface area contributed by atoms with Crippen LogP contribution in [0.25, 0.3) is 5.69 Å². The van der Waals surface area contributed by atoms with E-state index in [2.05, 4.69) is 5.10 Å². The fourth-order valence-electron chi connectivity index (χ4n) is 3.22. The lowest BCUT2D eigenvalue weighted by Crippen LogP contribution is -2.53. The summed E-state index contributed by atoms with van der Waals surface area (Å²) >= 11 is 0. The van der Waals surface area contributed by atoms with Crippen LogP contribution in [0.2, 0.25) is 0 Å². The number of hydrogen-bond donors (Lipinski definition) is 0. The van der Waals surface area contributed by atoms with Gasteiger partial charge in [-0.2, -0.15) is 5.10 Å². The maximum absolute atomic E-state index is 13.1. The lowest BCUT2D eigenvalue weighted by molar-refractivity contribution is -0.140. The molecule has 0 radical (unpaired) electrons.